The molecular formula is C13H22N2O3. The molecule has 0 aromatic heterocycles. The lowest BCUT2D eigenvalue weighted by atomic mass is 10.0. The van der Waals surface area contributed by atoms with Gasteiger partial charge in [-0.1, -0.05) is 26.5 Å². The van der Waals surface area contributed by atoms with Crippen LogP contribution in [0.15, 0.2) is 12.7 Å². The third-order valence-electron chi connectivity index (χ3n) is 2.95. The lowest BCUT2D eigenvalue weighted by Crippen LogP contribution is -2.47. The minimum atomic E-state index is -0.413. The first-order valence-electron chi connectivity index (χ1n) is 6.37. The van der Waals surface area contributed by atoms with Gasteiger partial charge in [0.15, 0.2) is 0 Å². The predicted octanol–water partition coefficient (Wildman–Crippen LogP) is 1.55. The summed E-state index contributed by atoms with van der Waals surface area (Å²) < 4.78 is 4.86. The molecule has 0 unspecified atom stereocenters. The number of rotatable bonds is 4. The fraction of sp³-hybridized carbons (Fsp3) is 0.692. The van der Waals surface area contributed by atoms with Crippen LogP contribution in [0, 0.1) is 5.92 Å². The van der Waals surface area contributed by atoms with Gasteiger partial charge >= 0.3 is 6.09 Å². The summed E-state index contributed by atoms with van der Waals surface area (Å²) in [5.74, 6) is 0.217. The Bertz CT molecular complexity index is 307. The lowest BCUT2D eigenvalue weighted by Gasteiger charge is -2.33. The number of amides is 2. The fourth-order valence-corrected chi connectivity index (χ4v) is 1.95. The van der Waals surface area contributed by atoms with E-state index in [1.807, 2.05) is 18.7 Å². The Kier molecular flexibility index (Phi) is 5.68. The number of carbonyl (C=O) groups is 2. The molecule has 1 fully saturated rings. The largest absolute Gasteiger partial charge is 0.445 e. The van der Waals surface area contributed by atoms with Gasteiger partial charge in [-0.2, -0.15) is 0 Å². The Labute approximate surface area is 108 Å². The van der Waals surface area contributed by atoms with Crippen LogP contribution in [-0.4, -0.2) is 42.6 Å². The quantitative estimate of drug-likeness (QED) is 0.774. The molecule has 0 saturated carbocycles. The molecule has 1 rings (SSSR count). The smallest absolute Gasteiger partial charge is 0.407 e. The van der Waals surface area contributed by atoms with E-state index < -0.39 is 6.09 Å². The number of hydrogen-bond donors (Lipinski definition) is 1. The molecule has 0 bridgehead atoms. The molecular weight excluding hydrogens is 232 g/mol. The third-order valence-corrected chi connectivity index (χ3v) is 2.95. The second-order valence-electron chi connectivity index (χ2n) is 4.79. The molecule has 102 valence electrons. The van der Waals surface area contributed by atoms with E-state index in [1.165, 1.54) is 6.08 Å². The molecule has 0 aromatic carbocycles. The van der Waals surface area contributed by atoms with Gasteiger partial charge in [-0.25, -0.2) is 4.79 Å². The standard InChI is InChI=1S/C13H22N2O3/c1-4-9-18-13(17)14-11-5-7-15(8-6-11)12(16)10(2)3/h4,10-11H,1,5-9H2,2-3H3,(H,14,17). The highest BCUT2D eigenvalue weighted by atomic mass is 16.5. The topological polar surface area (TPSA) is 58.6 Å². The zero-order valence-corrected chi connectivity index (χ0v) is 11.1. The third kappa shape index (κ3) is 4.39. The maximum atomic E-state index is 11.8. The van der Waals surface area contributed by atoms with Gasteiger partial charge in [-0.3, -0.25) is 4.79 Å². The van der Waals surface area contributed by atoms with Gasteiger partial charge in [0.25, 0.3) is 0 Å². The van der Waals surface area contributed by atoms with Crippen LogP contribution in [-0.2, 0) is 9.53 Å². The highest BCUT2D eigenvalue weighted by molar-refractivity contribution is 5.78. The van der Waals surface area contributed by atoms with E-state index in [9.17, 15) is 9.59 Å². The van der Waals surface area contributed by atoms with E-state index in [2.05, 4.69) is 11.9 Å². The highest BCUT2D eigenvalue weighted by Crippen LogP contribution is 2.13. The number of hydrogen-bond acceptors (Lipinski definition) is 3. The number of nitrogens with one attached hydrogen (secondary N) is 1. The van der Waals surface area contributed by atoms with Crippen LogP contribution in [0.25, 0.3) is 0 Å². The summed E-state index contributed by atoms with van der Waals surface area (Å²) >= 11 is 0. The van der Waals surface area contributed by atoms with Gasteiger partial charge in [-0.05, 0) is 12.8 Å². The Morgan fingerprint density at radius 3 is 2.56 bits per heavy atom. The molecule has 5 nitrogen and oxygen atoms in total. The summed E-state index contributed by atoms with van der Waals surface area (Å²) in [5.41, 5.74) is 0. The first-order valence-corrected chi connectivity index (χ1v) is 6.37. The van der Waals surface area contributed by atoms with Crippen molar-refractivity contribution in [1.29, 1.82) is 0 Å². The average molecular weight is 254 g/mol. The van der Waals surface area contributed by atoms with Crippen molar-refractivity contribution in [3.8, 4) is 0 Å². The van der Waals surface area contributed by atoms with Crippen molar-refractivity contribution in [2.75, 3.05) is 19.7 Å². The van der Waals surface area contributed by atoms with E-state index >= 15 is 0 Å². The van der Waals surface area contributed by atoms with Crippen LogP contribution in [0.5, 0.6) is 0 Å². The van der Waals surface area contributed by atoms with E-state index in [0.717, 1.165) is 12.8 Å². The number of piperidine rings is 1. The van der Waals surface area contributed by atoms with Crippen molar-refractivity contribution >= 4 is 12.0 Å². The molecule has 0 aliphatic carbocycles. The first kappa shape index (κ1) is 14.5. The number of likely N-dealkylation sites (tertiary alicyclic amines) is 1. The normalized spacial score (nSPS) is 16.5. The van der Waals surface area contributed by atoms with Gasteiger partial charge < -0.3 is 15.0 Å². The highest BCUT2D eigenvalue weighted by Gasteiger charge is 2.25. The summed E-state index contributed by atoms with van der Waals surface area (Å²) in [6, 6.07) is 0.0959. The van der Waals surface area contributed by atoms with E-state index in [-0.39, 0.29) is 24.5 Å². The second kappa shape index (κ2) is 7.03. The number of nitrogens with zero attached hydrogens (tertiary/aromatic N) is 1. The molecule has 0 spiro atoms. The van der Waals surface area contributed by atoms with Crippen molar-refractivity contribution in [2.24, 2.45) is 5.92 Å². The summed E-state index contributed by atoms with van der Waals surface area (Å²) in [6.45, 7) is 8.89. The number of ether oxygens (including phenoxy) is 1. The van der Waals surface area contributed by atoms with Crippen LogP contribution >= 0.6 is 0 Å². The van der Waals surface area contributed by atoms with Gasteiger partial charge in [0.1, 0.15) is 6.61 Å². The fourth-order valence-electron chi connectivity index (χ4n) is 1.95. The number of carbonyl (C=O) groups excluding carboxylic acids is 2. The molecule has 1 heterocycles. The van der Waals surface area contributed by atoms with Crippen LogP contribution in [0.4, 0.5) is 4.79 Å². The van der Waals surface area contributed by atoms with Crippen molar-refractivity contribution in [3.05, 3.63) is 12.7 Å². The second-order valence-corrected chi connectivity index (χ2v) is 4.79. The molecule has 1 N–H and O–H groups in total. The van der Waals surface area contributed by atoms with Crippen LogP contribution in [0.1, 0.15) is 26.7 Å². The Morgan fingerprint density at radius 2 is 2.06 bits per heavy atom. The Hall–Kier alpha value is -1.52. The summed E-state index contributed by atoms with van der Waals surface area (Å²) in [6.07, 6.45) is 2.68. The van der Waals surface area contributed by atoms with Gasteiger partial charge in [0.2, 0.25) is 5.91 Å². The van der Waals surface area contributed by atoms with Crippen LogP contribution in [0.3, 0.4) is 0 Å². The maximum Gasteiger partial charge on any atom is 0.407 e. The zero-order chi connectivity index (χ0) is 13.5. The Balaban J connectivity index is 2.29. The van der Waals surface area contributed by atoms with Gasteiger partial charge in [0.05, 0.1) is 0 Å². The van der Waals surface area contributed by atoms with Gasteiger partial charge in [-0.15, -0.1) is 0 Å². The predicted molar refractivity (Wildman–Crippen MR) is 69.1 cm³/mol. The monoisotopic (exact) mass is 254 g/mol. The molecule has 1 aliphatic heterocycles. The molecule has 0 radical (unpaired) electrons. The number of alkyl carbamates (subject to hydrolysis) is 1. The summed E-state index contributed by atoms with van der Waals surface area (Å²) in [5, 5.41) is 2.80. The SMILES string of the molecule is C=CCOC(=O)NC1CCN(C(=O)C(C)C)CC1. The Morgan fingerprint density at radius 1 is 1.44 bits per heavy atom. The molecule has 0 atom stereocenters. The van der Waals surface area contributed by atoms with E-state index in [4.69, 9.17) is 4.74 Å². The van der Waals surface area contributed by atoms with Crippen LogP contribution < -0.4 is 5.32 Å². The van der Waals surface area contributed by atoms with Crippen molar-refractivity contribution in [1.82, 2.24) is 10.2 Å². The zero-order valence-electron chi connectivity index (χ0n) is 11.1. The molecule has 18 heavy (non-hydrogen) atoms. The molecule has 1 aliphatic rings. The lowest BCUT2D eigenvalue weighted by molar-refractivity contribution is -0.135. The molecule has 0 aromatic rings. The molecule has 2 amide bonds. The first-order chi connectivity index (χ1) is 8.54. The van der Waals surface area contributed by atoms with Crippen molar-refractivity contribution < 1.29 is 14.3 Å². The average Bonchev–Trinajstić information content (AvgIpc) is 2.36. The maximum absolute atomic E-state index is 11.8. The minimum Gasteiger partial charge on any atom is -0.445 e. The molecule has 5 heteroatoms. The summed E-state index contributed by atoms with van der Waals surface area (Å²) in [4.78, 5) is 25.0. The van der Waals surface area contributed by atoms with Crippen molar-refractivity contribution in [2.45, 2.75) is 32.7 Å². The van der Waals surface area contributed by atoms with E-state index in [0.29, 0.717) is 13.1 Å². The van der Waals surface area contributed by atoms with Gasteiger partial charge in [0, 0.05) is 25.0 Å². The minimum absolute atomic E-state index is 0.0343. The van der Waals surface area contributed by atoms with E-state index in [1.54, 1.807) is 0 Å². The molecule has 1 saturated heterocycles. The van der Waals surface area contributed by atoms with Crippen molar-refractivity contribution in [3.63, 3.8) is 0 Å². The van der Waals surface area contributed by atoms with Crippen LogP contribution in [0.2, 0.25) is 0 Å². The summed E-state index contributed by atoms with van der Waals surface area (Å²) in [7, 11) is 0.